The van der Waals surface area contributed by atoms with Crippen LogP contribution in [0.1, 0.15) is 181 Å². The van der Waals surface area contributed by atoms with Crippen LogP contribution >= 0.6 is 7.82 Å². The highest BCUT2D eigenvalue weighted by molar-refractivity contribution is 7.47. The van der Waals surface area contributed by atoms with Crippen LogP contribution in [-0.4, -0.2) is 59.9 Å². The topological polar surface area (TPSA) is 172 Å². The number of ether oxygens (including phenoxy) is 2. The lowest BCUT2D eigenvalue weighted by Gasteiger charge is -2.20. The lowest BCUT2D eigenvalue weighted by molar-refractivity contribution is -0.161. The highest BCUT2D eigenvalue weighted by Gasteiger charge is 2.28. The molecule has 0 spiro atoms. The summed E-state index contributed by atoms with van der Waals surface area (Å²) in [6.07, 6.45) is 55.2. The van der Waals surface area contributed by atoms with Gasteiger partial charge in [-0.3, -0.25) is 23.4 Å². The van der Waals surface area contributed by atoms with Crippen molar-refractivity contribution < 1.29 is 47.5 Å². The number of carbonyl (C=O) groups excluding carboxylic acids is 2. The first-order valence-corrected chi connectivity index (χ1v) is 25.1. The molecule has 0 heterocycles. The summed E-state index contributed by atoms with van der Waals surface area (Å²) in [4.78, 5) is 46.0. The number of nitrogens with two attached hydrogens (primary N) is 1. The predicted octanol–water partition coefficient (Wildman–Crippen LogP) is 13.1. The normalized spacial score (nSPS) is 14.4. The molecular formula is C50H84NO10P. The molecule has 0 amide bonds. The molecule has 0 saturated carbocycles. The van der Waals surface area contributed by atoms with Crippen LogP contribution in [0.25, 0.3) is 0 Å². The van der Waals surface area contributed by atoms with Gasteiger partial charge in [-0.05, 0) is 77.0 Å². The summed E-state index contributed by atoms with van der Waals surface area (Å²) in [6.45, 7) is 2.61. The third kappa shape index (κ3) is 43.3. The number of hydrogen-bond donors (Lipinski definition) is 3. The van der Waals surface area contributed by atoms with Gasteiger partial charge in [0.15, 0.2) is 6.10 Å². The summed E-state index contributed by atoms with van der Waals surface area (Å²) >= 11 is 0. The fourth-order valence-corrected chi connectivity index (χ4v) is 6.75. The predicted molar refractivity (Wildman–Crippen MR) is 254 cm³/mol. The lowest BCUT2D eigenvalue weighted by atomic mass is 10.1. The minimum atomic E-state index is -4.74. The number of hydrogen-bond acceptors (Lipinski definition) is 9. The SMILES string of the molecule is CC/C=C/C/C=C/C/C=C/C/C=C/C/C=C/C/C=C/CCC(=O)O[C@H](COC(=O)CCCCCCCCCCC/C=C/CCCCCCCC)COP(=O)(O)OC[C@H](N)C(=O)O. The molecule has 0 aromatic carbocycles. The van der Waals surface area contributed by atoms with Crippen molar-refractivity contribution in [1.29, 1.82) is 0 Å². The number of unbranched alkanes of at least 4 members (excludes halogenated alkanes) is 15. The molecule has 0 saturated heterocycles. The average Bonchev–Trinajstić information content (AvgIpc) is 3.25. The van der Waals surface area contributed by atoms with Gasteiger partial charge < -0.3 is 25.2 Å². The monoisotopic (exact) mass is 890 g/mol. The Morgan fingerprint density at radius 3 is 1.42 bits per heavy atom. The molecule has 62 heavy (non-hydrogen) atoms. The van der Waals surface area contributed by atoms with Gasteiger partial charge in [-0.25, -0.2) is 4.57 Å². The van der Waals surface area contributed by atoms with Crippen LogP contribution in [0, 0.1) is 0 Å². The number of aliphatic carboxylic acids is 1. The summed E-state index contributed by atoms with van der Waals surface area (Å²) in [7, 11) is -4.74. The Bertz CT molecular complexity index is 1370. The van der Waals surface area contributed by atoms with Gasteiger partial charge in [0, 0.05) is 12.8 Å². The second kappa shape index (κ2) is 44.3. The number of esters is 2. The highest BCUT2D eigenvalue weighted by atomic mass is 31.2. The van der Waals surface area contributed by atoms with Crippen molar-refractivity contribution in [3.63, 3.8) is 0 Å². The summed E-state index contributed by atoms with van der Waals surface area (Å²) in [5.74, 6) is -2.49. The molecule has 11 nitrogen and oxygen atoms in total. The first kappa shape index (κ1) is 58.7. The Kier molecular flexibility index (Phi) is 41.9. The molecule has 0 bridgehead atoms. The first-order chi connectivity index (χ1) is 30.1. The van der Waals surface area contributed by atoms with Crippen molar-refractivity contribution >= 4 is 25.7 Å². The maximum absolute atomic E-state index is 12.6. The van der Waals surface area contributed by atoms with Crippen LogP contribution in [0.4, 0.5) is 0 Å². The van der Waals surface area contributed by atoms with Crippen LogP contribution in [0.5, 0.6) is 0 Å². The minimum Gasteiger partial charge on any atom is -0.480 e. The number of phosphoric acid groups is 1. The van der Waals surface area contributed by atoms with E-state index in [-0.39, 0.29) is 19.4 Å². The summed E-state index contributed by atoms with van der Waals surface area (Å²) in [6, 6.07) is -1.54. The van der Waals surface area contributed by atoms with E-state index in [9.17, 15) is 23.8 Å². The van der Waals surface area contributed by atoms with Crippen LogP contribution in [-0.2, 0) is 37.5 Å². The number of phosphoric ester groups is 1. The third-order valence-electron chi connectivity index (χ3n) is 9.64. The number of rotatable bonds is 43. The van der Waals surface area contributed by atoms with Gasteiger partial charge in [0.2, 0.25) is 0 Å². The molecule has 1 unspecified atom stereocenters. The quantitative estimate of drug-likeness (QED) is 0.0230. The van der Waals surface area contributed by atoms with Gasteiger partial charge in [-0.15, -0.1) is 0 Å². The van der Waals surface area contributed by atoms with E-state index in [0.717, 1.165) is 51.4 Å². The zero-order valence-electron chi connectivity index (χ0n) is 38.4. The number of allylic oxidation sites excluding steroid dienone is 14. The van der Waals surface area contributed by atoms with E-state index in [0.29, 0.717) is 19.3 Å². The van der Waals surface area contributed by atoms with Crippen LogP contribution < -0.4 is 5.73 Å². The fourth-order valence-electron chi connectivity index (χ4n) is 5.97. The molecule has 0 fully saturated rings. The van der Waals surface area contributed by atoms with E-state index in [2.05, 4.69) is 85.2 Å². The van der Waals surface area contributed by atoms with Crippen molar-refractivity contribution in [2.75, 3.05) is 19.8 Å². The van der Waals surface area contributed by atoms with Crippen molar-refractivity contribution in [3.05, 3.63) is 85.1 Å². The molecule has 0 aliphatic heterocycles. The Morgan fingerprint density at radius 1 is 0.516 bits per heavy atom. The number of carbonyl (C=O) groups is 3. The third-order valence-corrected chi connectivity index (χ3v) is 10.6. The highest BCUT2D eigenvalue weighted by Crippen LogP contribution is 2.43. The zero-order chi connectivity index (χ0) is 45.6. The average molecular weight is 890 g/mol. The molecule has 3 atom stereocenters. The van der Waals surface area contributed by atoms with E-state index < -0.39 is 51.1 Å². The molecule has 12 heteroatoms. The molecule has 0 aromatic rings. The Morgan fingerprint density at radius 2 is 0.935 bits per heavy atom. The first-order valence-electron chi connectivity index (χ1n) is 23.6. The molecular weight excluding hydrogens is 806 g/mol. The van der Waals surface area contributed by atoms with Crippen LogP contribution in [0.15, 0.2) is 85.1 Å². The van der Waals surface area contributed by atoms with E-state index in [1.54, 1.807) is 0 Å². The maximum Gasteiger partial charge on any atom is 0.472 e. The van der Waals surface area contributed by atoms with E-state index in [1.807, 2.05) is 18.2 Å². The van der Waals surface area contributed by atoms with Crippen molar-refractivity contribution in [2.24, 2.45) is 5.73 Å². The molecule has 0 aliphatic carbocycles. The minimum absolute atomic E-state index is 0.0318. The molecule has 0 aromatic heterocycles. The maximum atomic E-state index is 12.6. The smallest absolute Gasteiger partial charge is 0.472 e. The molecule has 0 radical (unpaired) electrons. The molecule has 354 valence electrons. The second-order valence-electron chi connectivity index (χ2n) is 15.5. The van der Waals surface area contributed by atoms with Gasteiger partial charge in [0.1, 0.15) is 12.6 Å². The Balaban J connectivity index is 4.43. The van der Waals surface area contributed by atoms with Gasteiger partial charge in [0.25, 0.3) is 0 Å². The Labute approximate surface area is 375 Å². The van der Waals surface area contributed by atoms with Crippen molar-refractivity contribution in [2.45, 2.75) is 193 Å². The fraction of sp³-hybridized carbons (Fsp3) is 0.660. The Hall–Kier alpha value is -3.34. The van der Waals surface area contributed by atoms with Crippen LogP contribution in [0.2, 0.25) is 0 Å². The summed E-state index contributed by atoms with van der Waals surface area (Å²) < 4.78 is 32.7. The van der Waals surface area contributed by atoms with Gasteiger partial charge in [-0.2, -0.15) is 0 Å². The zero-order valence-corrected chi connectivity index (χ0v) is 39.3. The second-order valence-corrected chi connectivity index (χ2v) is 17.0. The number of carboxylic acids is 1. The summed E-state index contributed by atoms with van der Waals surface area (Å²) in [5.41, 5.74) is 5.34. The summed E-state index contributed by atoms with van der Waals surface area (Å²) in [5, 5.41) is 8.90. The van der Waals surface area contributed by atoms with Gasteiger partial charge in [0.05, 0.1) is 13.2 Å². The molecule has 0 rings (SSSR count). The standard InChI is InChI=1S/C50H84NO10P/c1-3-5-7-9-11-13-15-17-19-21-23-25-27-29-31-33-35-37-39-41-48(52)58-43-46(44-59-62(56,57)60-45-47(51)50(54)55)61-49(53)42-40-38-36-34-32-30-28-26-24-22-20-18-16-14-12-10-8-6-4-2/h6,8,12,14,17-20,24,26,30,32,36,38,46-47H,3-5,7,9-11,13,15-16,21-23,25,27-29,31,33-35,37,39-45,51H2,1-2H3,(H,54,55)(H,56,57)/b8-6+,14-12+,19-17+,20-18+,26-24+,32-30+,38-36+/t46-,47+/m1/s1. The molecule has 4 N–H and O–H groups in total. The van der Waals surface area contributed by atoms with E-state index >= 15 is 0 Å². The van der Waals surface area contributed by atoms with Gasteiger partial charge in [-0.1, -0.05) is 176 Å². The largest absolute Gasteiger partial charge is 0.480 e. The molecule has 0 aliphatic rings. The van der Waals surface area contributed by atoms with Crippen LogP contribution in [0.3, 0.4) is 0 Å². The number of carboxylic acid groups (broad SMARTS) is 1. The van der Waals surface area contributed by atoms with E-state index in [4.69, 9.17) is 24.8 Å². The van der Waals surface area contributed by atoms with Crippen molar-refractivity contribution in [1.82, 2.24) is 0 Å². The van der Waals surface area contributed by atoms with E-state index in [1.165, 1.54) is 83.5 Å². The lowest BCUT2D eigenvalue weighted by Crippen LogP contribution is -2.34. The van der Waals surface area contributed by atoms with Gasteiger partial charge >= 0.3 is 25.7 Å². The van der Waals surface area contributed by atoms with Crippen molar-refractivity contribution in [3.8, 4) is 0 Å².